The molecule has 0 spiro atoms. The van der Waals surface area contributed by atoms with Gasteiger partial charge in [-0.25, -0.2) is 0 Å². The molecule has 9 aromatic carbocycles. The Balaban J connectivity index is 1.08. The summed E-state index contributed by atoms with van der Waals surface area (Å²) in [6.45, 7) is 0. The Morgan fingerprint density at radius 1 is 0.364 bits per heavy atom. The molecule has 0 saturated heterocycles. The Bertz CT molecular complexity index is 3130. The molecular weight excluding hydrogens is 669 g/mol. The highest BCUT2D eigenvalue weighted by Crippen LogP contribution is 2.44. The van der Waals surface area contributed by atoms with Gasteiger partial charge in [0.1, 0.15) is 11.2 Å². The van der Waals surface area contributed by atoms with Crippen LogP contribution in [0.4, 0.5) is 17.1 Å². The van der Waals surface area contributed by atoms with Crippen molar-refractivity contribution in [2.75, 3.05) is 4.90 Å². The van der Waals surface area contributed by atoms with Crippen molar-refractivity contribution in [2.45, 2.75) is 0 Å². The average Bonchev–Trinajstić information content (AvgIpc) is 3.80. The number of rotatable bonds is 6. The van der Waals surface area contributed by atoms with Crippen LogP contribution in [0.2, 0.25) is 0 Å². The van der Waals surface area contributed by atoms with Gasteiger partial charge in [0.05, 0.1) is 11.0 Å². The zero-order valence-corrected chi connectivity index (χ0v) is 29.9. The molecule has 55 heavy (non-hydrogen) atoms. The Labute approximate surface area is 318 Å². The highest BCUT2D eigenvalue weighted by Gasteiger charge is 2.20. The van der Waals surface area contributed by atoms with Crippen molar-refractivity contribution >= 4 is 71.6 Å². The molecule has 2 heterocycles. The first kappa shape index (κ1) is 31.2. The molecule has 0 bridgehead atoms. The lowest BCUT2D eigenvalue weighted by Crippen LogP contribution is -2.10. The number of benzene rings is 9. The van der Waals surface area contributed by atoms with Crippen molar-refractivity contribution in [3.63, 3.8) is 0 Å². The topological polar surface area (TPSA) is 21.3 Å². The Hall–Kier alpha value is -7.36. The molecule has 11 rings (SSSR count). The lowest BCUT2D eigenvalue weighted by Gasteiger charge is -2.26. The summed E-state index contributed by atoms with van der Waals surface area (Å²) in [6.07, 6.45) is 0. The molecule has 0 radical (unpaired) electrons. The van der Waals surface area contributed by atoms with Gasteiger partial charge in [-0.1, -0.05) is 140 Å². The smallest absolute Gasteiger partial charge is 0.143 e. The van der Waals surface area contributed by atoms with Crippen molar-refractivity contribution in [1.82, 2.24) is 4.57 Å². The molecule has 0 amide bonds. The predicted octanol–water partition coefficient (Wildman–Crippen LogP) is 14.6. The third kappa shape index (κ3) is 5.13. The average molecular weight is 703 g/mol. The van der Waals surface area contributed by atoms with E-state index in [1.807, 2.05) is 6.07 Å². The van der Waals surface area contributed by atoms with Gasteiger partial charge in [-0.15, -0.1) is 0 Å². The van der Waals surface area contributed by atoms with E-state index in [0.717, 1.165) is 55.8 Å². The summed E-state index contributed by atoms with van der Waals surface area (Å²) < 4.78 is 9.04. The summed E-state index contributed by atoms with van der Waals surface area (Å²) in [4.78, 5) is 2.35. The van der Waals surface area contributed by atoms with Crippen LogP contribution < -0.4 is 4.90 Å². The van der Waals surface area contributed by atoms with E-state index < -0.39 is 0 Å². The van der Waals surface area contributed by atoms with Gasteiger partial charge in [-0.3, -0.25) is 0 Å². The fourth-order valence-corrected chi connectivity index (χ4v) is 8.44. The zero-order valence-electron chi connectivity index (χ0n) is 29.9. The maximum absolute atomic E-state index is 6.68. The van der Waals surface area contributed by atoms with Gasteiger partial charge in [0.15, 0.2) is 0 Å². The molecule has 3 nitrogen and oxygen atoms in total. The van der Waals surface area contributed by atoms with E-state index in [0.29, 0.717) is 0 Å². The first-order valence-electron chi connectivity index (χ1n) is 18.8. The fourth-order valence-electron chi connectivity index (χ4n) is 8.44. The van der Waals surface area contributed by atoms with Gasteiger partial charge in [0.25, 0.3) is 0 Å². The molecule has 0 aliphatic rings. The lowest BCUT2D eigenvalue weighted by molar-refractivity contribution is 0.670. The maximum Gasteiger partial charge on any atom is 0.143 e. The predicted molar refractivity (Wildman–Crippen MR) is 231 cm³/mol. The fraction of sp³-hybridized carbons (Fsp3) is 0. The first-order chi connectivity index (χ1) is 27.3. The summed E-state index contributed by atoms with van der Waals surface area (Å²) in [7, 11) is 0. The number of para-hydroxylation sites is 4. The monoisotopic (exact) mass is 702 g/mol. The molecule has 0 atom stereocenters. The number of hydrogen-bond acceptors (Lipinski definition) is 2. The maximum atomic E-state index is 6.68. The van der Waals surface area contributed by atoms with Crippen LogP contribution in [0.25, 0.3) is 82.5 Å². The van der Waals surface area contributed by atoms with Crippen molar-refractivity contribution in [2.24, 2.45) is 0 Å². The van der Waals surface area contributed by atoms with Crippen LogP contribution in [-0.4, -0.2) is 4.57 Å². The van der Waals surface area contributed by atoms with Gasteiger partial charge < -0.3 is 13.9 Å². The molecule has 0 aliphatic carbocycles. The SMILES string of the molecule is c1ccc(N(c2ccc(-c3cccc4ccccc34)cc2)c2cc(-c3ccc(-n4c5ccccc5c5ccccc54)cc3)c3oc4ccccc4c3c2)cc1. The number of nitrogens with zero attached hydrogens (tertiary/aromatic N) is 2. The van der Waals surface area contributed by atoms with E-state index in [1.54, 1.807) is 0 Å². The minimum Gasteiger partial charge on any atom is -0.455 e. The van der Waals surface area contributed by atoms with E-state index in [2.05, 4.69) is 210 Å². The van der Waals surface area contributed by atoms with Crippen molar-refractivity contribution < 1.29 is 4.42 Å². The van der Waals surface area contributed by atoms with Crippen LogP contribution in [0, 0.1) is 0 Å². The minimum atomic E-state index is 0.878. The highest BCUT2D eigenvalue weighted by atomic mass is 16.3. The summed E-state index contributed by atoms with van der Waals surface area (Å²) >= 11 is 0. The summed E-state index contributed by atoms with van der Waals surface area (Å²) in [6, 6.07) is 73.9. The molecule has 0 N–H and O–H groups in total. The third-order valence-electron chi connectivity index (χ3n) is 11.0. The standard InChI is InChI=1S/C52H34N2O/c1-2-15-38(16-3-1)53(39-29-25-36(26-30-39)43-21-12-14-35-13-4-5-17-42(35)43)41-33-47(52-48(34-41)46-20-8-11-24-51(46)55-52)37-27-31-40(32-28-37)54-49-22-9-6-18-44(49)45-19-7-10-23-50(45)54/h1-34H. The lowest BCUT2D eigenvalue weighted by atomic mass is 9.97. The van der Waals surface area contributed by atoms with E-state index in [-0.39, 0.29) is 0 Å². The summed E-state index contributed by atoms with van der Waals surface area (Å²) in [5.41, 5.74) is 13.1. The summed E-state index contributed by atoms with van der Waals surface area (Å²) in [5.74, 6) is 0. The number of hydrogen-bond donors (Lipinski definition) is 0. The highest BCUT2D eigenvalue weighted by molar-refractivity contribution is 6.12. The van der Waals surface area contributed by atoms with Crippen LogP contribution in [-0.2, 0) is 0 Å². The molecule has 0 aliphatic heterocycles. The van der Waals surface area contributed by atoms with Gasteiger partial charge in [-0.2, -0.15) is 0 Å². The third-order valence-corrected chi connectivity index (χ3v) is 11.0. The second-order valence-electron chi connectivity index (χ2n) is 14.1. The quantitative estimate of drug-likeness (QED) is 0.172. The molecule has 0 saturated carbocycles. The number of furan rings is 1. The van der Waals surface area contributed by atoms with Crippen LogP contribution in [0.1, 0.15) is 0 Å². The Morgan fingerprint density at radius 2 is 0.927 bits per heavy atom. The van der Waals surface area contributed by atoms with E-state index in [4.69, 9.17) is 4.42 Å². The van der Waals surface area contributed by atoms with Crippen molar-refractivity contribution in [3.05, 3.63) is 206 Å². The van der Waals surface area contributed by atoms with Crippen LogP contribution in [0.3, 0.4) is 0 Å². The van der Waals surface area contributed by atoms with Crippen LogP contribution in [0.15, 0.2) is 211 Å². The molecule has 0 fully saturated rings. The largest absolute Gasteiger partial charge is 0.455 e. The zero-order chi connectivity index (χ0) is 36.3. The molecule has 258 valence electrons. The normalized spacial score (nSPS) is 11.6. The second kappa shape index (κ2) is 12.6. The number of anilines is 3. The Morgan fingerprint density at radius 3 is 1.67 bits per heavy atom. The van der Waals surface area contributed by atoms with Gasteiger partial charge in [0.2, 0.25) is 0 Å². The number of aromatic nitrogens is 1. The first-order valence-corrected chi connectivity index (χ1v) is 18.8. The minimum absolute atomic E-state index is 0.878. The van der Waals surface area contributed by atoms with E-state index in [9.17, 15) is 0 Å². The van der Waals surface area contributed by atoms with Crippen LogP contribution in [0.5, 0.6) is 0 Å². The van der Waals surface area contributed by atoms with Gasteiger partial charge >= 0.3 is 0 Å². The van der Waals surface area contributed by atoms with Gasteiger partial charge in [0, 0.05) is 49.9 Å². The number of fused-ring (bicyclic) bond motifs is 7. The van der Waals surface area contributed by atoms with E-state index >= 15 is 0 Å². The van der Waals surface area contributed by atoms with E-state index in [1.165, 1.54) is 43.7 Å². The molecule has 3 heteroatoms. The van der Waals surface area contributed by atoms with Gasteiger partial charge in [-0.05, 0) is 94.2 Å². The molecular formula is C52H34N2O. The Kier molecular flexibility index (Phi) is 7.17. The molecule has 0 unspecified atom stereocenters. The molecule has 11 aromatic rings. The molecule has 2 aromatic heterocycles. The second-order valence-corrected chi connectivity index (χ2v) is 14.1. The van der Waals surface area contributed by atoms with Crippen molar-refractivity contribution in [3.8, 4) is 27.9 Å². The summed E-state index contributed by atoms with van der Waals surface area (Å²) in [5, 5.41) is 7.19. The van der Waals surface area contributed by atoms with Crippen molar-refractivity contribution in [1.29, 1.82) is 0 Å². The van der Waals surface area contributed by atoms with Crippen LogP contribution >= 0.6 is 0 Å².